The van der Waals surface area contributed by atoms with Gasteiger partial charge in [-0.05, 0) is 56.2 Å². The van der Waals surface area contributed by atoms with Gasteiger partial charge in [0.2, 0.25) is 10.0 Å². The van der Waals surface area contributed by atoms with Crippen LogP contribution < -0.4 is 10.9 Å². The summed E-state index contributed by atoms with van der Waals surface area (Å²) in [7, 11) is -3.66. The van der Waals surface area contributed by atoms with Crippen molar-refractivity contribution >= 4 is 49.0 Å². The number of thiophene rings is 1. The van der Waals surface area contributed by atoms with E-state index >= 15 is 0 Å². The molecule has 0 unspecified atom stereocenters. The Balaban J connectivity index is 1.50. The molecule has 2 aromatic carbocycles. The molecule has 0 bridgehead atoms. The summed E-state index contributed by atoms with van der Waals surface area (Å²) in [6, 6.07) is 11.0. The fraction of sp³-hybridized carbons (Fsp3) is 0.259. The van der Waals surface area contributed by atoms with Crippen molar-refractivity contribution in [1.29, 1.82) is 0 Å². The molecule has 10 nitrogen and oxygen atoms in total. The van der Waals surface area contributed by atoms with Crippen LogP contribution in [0.2, 0.25) is 0 Å². The first-order chi connectivity index (χ1) is 19.2. The Bertz CT molecular complexity index is 1760. The van der Waals surface area contributed by atoms with E-state index in [0.717, 1.165) is 41.3 Å². The summed E-state index contributed by atoms with van der Waals surface area (Å²) < 4.78 is 47.8. The molecule has 1 N–H and O–H groups in total. The minimum atomic E-state index is -3.66. The molecular weight excluding hydrogens is 559 g/mol. The molecule has 2 aromatic heterocycles. The van der Waals surface area contributed by atoms with Gasteiger partial charge in [-0.1, -0.05) is 18.6 Å². The lowest BCUT2D eigenvalue weighted by atomic mass is 10.2. The lowest BCUT2D eigenvalue weighted by Gasteiger charge is -2.25. The number of aromatic nitrogens is 2. The number of anilines is 1. The van der Waals surface area contributed by atoms with Gasteiger partial charge >= 0.3 is 5.97 Å². The zero-order valence-corrected chi connectivity index (χ0v) is 23.1. The molecule has 208 valence electrons. The number of nitrogens with one attached hydrogen (secondary N) is 1. The van der Waals surface area contributed by atoms with Gasteiger partial charge in [-0.25, -0.2) is 17.6 Å². The number of rotatable bonds is 7. The number of benzene rings is 2. The lowest BCUT2D eigenvalue weighted by molar-refractivity contribution is 0.0519. The maximum absolute atomic E-state index is 14.6. The summed E-state index contributed by atoms with van der Waals surface area (Å²) in [5, 5.41) is 8.49. The van der Waals surface area contributed by atoms with Gasteiger partial charge < -0.3 is 10.1 Å². The number of para-hydroxylation sites is 1. The summed E-state index contributed by atoms with van der Waals surface area (Å²) in [6.07, 6.45) is 2.60. The van der Waals surface area contributed by atoms with Crippen LogP contribution in [0.25, 0.3) is 16.5 Å². The molecule has 40 heavy (non-hydrogen) atoms. The number of halogens is 1. The summed E-state index contributed by atoms with van der Waals surface area (Å²) in [5.41, 5.74) is -0.960. The summed E-state index contributed by atoms with van der Waals surface area (Å²) in [5.74, 6) is -2.14. The third kappa shape index (κ3) is 5.15. The van der Waals surface area contributed by atoms with E-state index in [1.165, 1.54) is 52.1 Å². The van der Waals surface area contributed by atoms with Crippen molar-refractivity contribution in [3.05, 3.63) is 81.3 Å². The van der Waals surface area contributed by atoms with E-state index in [2.05, 4.69) is 10.4 Å². The van der Waals surface area contributed by atoms with Crippen molar-refractivity contribution in [3.63, 3.8) is 0 Å². The zero-order chi connectivity index (χ0) is 28.4. The molecular formula is C27H25FN4O6S2. The minimum Gasteiger partial charge on any atom is -0.461 e. The molecule has 0 saturated carbocycles. The predicted molar refractivity (Wildman–Crippen MR) is 148 cm³/mol. The van der Waals surface area contributed by atoms with Gasteiger partial charge in [0, 0.05) is 29.4 Å². The number of carbonyl (C=O) groups is 2. The minimum absolute atomic E-state index is 0.0380. The highest BCUT2D eigenvalue weighted by Crippen LogP contribution is 2.31. The van der Waals surface area contributed by atoms with Gasteiger partial charge in [-0.2, -0.15) is 14.1 Å². The second-order valence-electron chi connectivity index (χ2n) is 9.03. The summed E-state index contributed by atoms with van der Waals surface area (Å²) in [4.78, 5) is 39.4. The van der Waals surface area contributed by atoms with Crippen molar-refractivity contribution in [2.75, 3.05) is 25.0 Å². The van der Waals surface area contributed by atoms with Crippen LogP contribution in [-0.4, -0.2) is 54.1 Å². The average Bonchev–Trinajstić information content (AvgIpc) is 3.38. The topological polar surface area (TPSA) is 128 Å². The van der Waals surface area contributed by atoms with Crippen LogP contribution in [0.3, 0.4) is 0 Å². The van der Waals surface area contributed by atoms with Gasteiger partial charge in [0.25, 0.3) is 11.5 Å². The molecule has 1 fully saturated rings. The van der Waals surface area contributed by atoms with Crippen LogP contribution >= 0.6 is 11.3 Å². The number of nitrogens with zero attached hydrogens (tertiary/aromatic N) is 3. The van der Waals surface area contributed by atoms with E-state index in [0.29, 0.717) is 13.1 Å². The quantitative estimate of drug-likeness (QED) is 0.323. The highest BCUT2D eigenvalue weighted by molar-refractivity contribution is 7.89. The summed E-state index contributed by atoms with van der Waals surface area (Å²) >= 11 is 0.995. The lowest BCUT2D eigenvalue weighted by Crippen LogP contribution is -2.35. The molecule has 5 rings (SSSR count). The number of hydrogen-bond acceptors (Lipinski definition) is 8. The van der Waals surface area contributed by atoms with E-state index in [4.69, 9.17) is 4.74 Å². The first kappa shape index (κ1) is 27.6. The SMILES string of the molecule is CCOC(=O)c1nn(-c2ccccc2F)c(=O)c2c(NC(=O)c3ccc(S(=O)(=O)N4CCCCC4)cc3)scc12. The van der Waals surface area contributed by atoms with Crippen molar-refractivity contribution in [2.24, 2.45) is 0 Å². The van der Waals surface area contributed by atoms with Crippen molar-refractivity contribution in [1.82, 2.24) is 14.1 Å². The molecule has 1 amide bonds. The molecule has 1 aliphatic rings. The van der Waals surface area contributed by atoms with Crippen molar-refractivity contribution in [3.8, 4) is 5.69 Å². The van der Waals surface area contributed by atoms with Gasteiger partial charge in [-0.15, -0.1) is 11.3 Å². The molecule has 13 heteroatoms. The zero-order valence-electron chi connectivity index (χ0n) is 21.4. The first-order valence-electron chi connectivity index (χ1n) is 12.6. The number of hydrogen-bond donors (Lipinski definition) is 1. The van der Waals surface area contributed by atoms with Gasteiger partial charge in [0.15, 0.2) is 5.69 Å². The molecule has 4 aromatic rings. The fourth-order valence-electron chi connectivity index (χ4n) is 4.49. The number of ether oxygens (including phenoxy) is 1. The Morgan fingerprint density at radius 3 is 2.45 bits per heavy atom. The molecule has 0 aliphatic carbocycles. The number of sulfonamides is 1. The van der Waals surface area contributed by atoms with Crippen LogP contribution in [0, 0.1) is 5.82 Å². The highest BCUT2D eigenvalue weighted by Gasteiger charge is 2.27. The molecule has 3 heterocycles. The van der Waals surface area contributed by atoms with E-state index in [-0.39, 0.29) is 44.2 Å². The standard InChI is InChI=1S/C27H25FN4O6S2/c1-2-38-27(35)23-19-16-39-25(22(19)26(34)32(30-23)21-9-5-4-8-20(21)28)29-24(33)17-10-12-18(13-11-17)40(36,37)31-14-6-3-7-15-31/h4-5,8-13,16H,2-3,6-7,14-15H2,1H3,(H,29,33). The number of esters is 1. The normalized spacial score (nSPS) is 14.2. The molecule has 1 aliphatic heterocycles. The smallest absolute Gasteiger partial charge is 0.359 e. The second-order valence-corrected chi connectivity index (χ2v) is 11.9. The number of amides is 1. The van der Waals surface area contributed by atoms with E-state index in [1.807, 2.05) is 0 Å². The molecule has 0 spiro atoms. The van der Waals surface area contributed by atoms with Gasteiger partial charge in [0.05, 0.1) is 16.9 Å². The monoisotopic (exact) mass is 584 g/mol. The van der Waals surface area contributed by atoms with Crippen LogP contribution in [0.15, 0.2) is 63.6 Å². The van der Waals surface area contributed by atoms with E-state index < -0.39 is 33.3 Å². The predicted octanol–water partition coefficient (Wildman–Crippen LogP) is 4.19. The number of fused-ring (bicyclic) bond motifs is 1. The van der Waals surface area contributed by atoms with Gasteiger partial charge in [0.1, 0.15) is 16.5 Å². The maximum Gasteiger partial charge on any atom is 0.359 e. The third-order valence-corrected chi connectivity index (χ3v) is 9.31. The highest BCUT2D eigenvalue weighted by atomic mass is 32.2. The molecule has 0 atom stereocenters. The van der Waals surface area contributed by atoms with E-state index in [9.17, 15) is 27.2 Å². The molecule has 0 radical (unpaired) electrons. The third-order valence-electron chi connectivity index (χ3n) is 6.50. The Labute approximate surface area is 233 Å². The average molecular weight is 585 g/mol. The molecule has 1 saturated heterocycles. The Morgan fingerprint density at radius 2 is 1.77 bits per heavy atom. The Hall–Kier alpha value is -3.94. The van der Waals surface area contributed by atoms with Crippen LogP contribution in [0.5, 0.6) is 0 Å². The van der Waals surface area contributed by atoms with E-state index in [1.54, 1.807) is 6.92 Å². The fourth-order valence-corrected chi connectivity index (χ4v) is 6.94. The first-order valence-corrected chi connectivity index (χ1v) is 14.9. The largest absolute Gasteiger partial charge is 0.461 e. The second kappa shape index (κ2) is 11.3. The summed E-state index contributed by atoms with van der Waals surface area (Å²) in [6.45, 7) is 2.59. The Kier molecular flexibility index (Phi) is 7.79. The number of carbonyl (C=O) groups excluding carboxylic acids is 2. The van der Waals surface area contributed by atoms with Gasteiger partial charge in [-0.3, -0.25) is 9.59 Å². The van der Waals surface area contributed by atoms with Crippen molar-refractivity contribution in [2.45, 2.75) is 31.1 Å². The Morgan fingerprint density at radius 1 is 1.07 bits per heavy atom. The maximum atomic E-state index is 14.6. The van der Waals surface area contributed by atoms with Crippen molar-refractivity contribution < 1.29 is 27.1 Å². The van der Waals surface area contributed by atoms with Crippen LogP contribution in [0.4, 0.5) is 9.39 Å². The van der Waals surface area contributed by atoms with Crippen LogP contribution in [0.1, 0.15) is 47.0 Å². The number of piperidine rings is 1. The van der Waals surface area contributed by atoms with Crippen LogP contribution in [-0.2, 0) is 14.8 Å².